The van der Waals surface area contributed by atoms with Crippen LogP contribution in [0.4, 0.5) is 0 Å². The van der Waals surface area contributed by atoms with Gasteiger partial charge in [-0.1, -0.05) is 0 Å². The second-order valence-electron chi connectivity index (χ2n) is 9.88. The standard InChI is InChI=1S/C20H32O9Se/c1-18(2)24-12-10(23-17-15(14(12)26-18)27-20(5,6)29-17)8-30-7-9-11(21)13-16(22-9)28-19(3,4)25-13/h9-17,21H,7-8H2,1-6H3/t9-,10-,11+,12+,13-,14+,15-,16-,17-/m1/s1. The first kappa shape index (κ1) is 22.0. The quantitative estimate of drug-likeness (QED) is 0.577. The number of hydrogen-bond acceptors (Lipinski definition) is 9. The van der Waals surface area contributed by atoms with Crippen LogP contribution >= 0.6 is 0 Å². The summed E-state index contributed by atoms with van der Waals surface area (Å²) in [7, 11) is 0. The molecule has 0 bridgehead atoms. The molecule has 5 saturated heterocycles. The Morgan fingerprint density at radius 2 is 1.07 bits per heavy atom. The van der Waals surface area contributed by atoms with Gasteiger partial charge >= 0.3 is 183 Å². The van der Waals surface area contributed by atoms with Crippen LogP contribution in [0.2, 0.25) is 10.6 Å². The Hall–Kier alpha value is 0.159. The van der Waals surface area contributed by atoms with Crippen LogP contribution in [0.25, 0.3) is 0 Å². The molecule has 0 aromatic heterocycles. The fourth-order valence-corrected chi connectivity index (χ4v) is 7.23. The van der Waals surface area contributed by atoms with Crippen molar-refractivity contribution in [3.63, 3.8) is 0 Å². The number of hydrogen-bond donors (Lipinski definition) is 1. The molecule has 5 aliphatic rings. The topological polar surface area (TPSA) is 94.1 Å². The van der Waals surface area contributed by atoms with Gasteiger partial charge in [-0.25, -0.2) is 0 Å². The van der Waals surface area contributed by atoms with E-state index >= 15 is 0 Å². The molecule has 1 N–H and O–H groups in total. The van der Waals surface area contributed by atoms with Crippen molar-refractivity contribution in [1.82, 2.24) is 0 Å². The van der Waals surface area contributed by atoms with E-state index in [-0.39, 0.29) is 45.5 Å². The second kappa shape index (κ2) is 7.33. The maximum absolute atomic E-state index is 10.6. The van der Waals surface area contributed by atoms with Crippen LogP contribution in [0, 0.1) is 0 Å². The third-order valence-electron chi connectivity index (χ3n) is 5.93. The zero-order chi connectivity index (χ0) is 21.5. The van der Waals surface area contributed by atoms with E-state index < -0.39 is 42.1 Å². The number of fused-ring (bicyclic) bond motifs is 4. The fraction of sp³-hybridized carbons (Fsp3) is 1.00. The van der Waals surface area contributed by atoms with Crippen LogP contribution in [0.15, 0.2) is 0 Å². The summed E-state index contributed by atoms with van der Waals surface area (Å²) in [5.74, 6) is -2.14. The summed E-state index contributed by atoms with van der Waals surface area (Å²) in [6, 6.07) is 0. The first-order valence-electron chi connectivity index (χ1n) is 10.6. The van der Waals surface area contributed by atoms with Gasteiger partial charge in [0.15, 0.2) is 0 Å². The summed E-state index contributed by atoms with van der Waals surface area (Å²) in [6.45, 7) is 11.2. The normalized spacial score (nSPS) is 50.3. The summed E-state index contributed by atoms with van der Waals surface area (Å²) < 4.78 is 48.0. The van der Waals surface area contributed by atoms with Gasteiger partial charge in [0.25, 0.3) is 0 Å². The molecule has 9 nitrogen and oxygen atoms in total. The summed E-state index contributed by atoms with van der Waals surface area (Å²) in [4.78, 5) is 0. The third-order valence-corrected chi connectivity index (χ3v) is 8.30. The van der Waals surface area contributed by atoms with Crippen molar-refractivity contribution in [3.8, 4) is 0 Å². The van der Waals surface area contributed by atoms with E-state index in [1.54, 1.807) is 0 Å². The molecule has 0 aromatic rings. The average Bonchev–Trinajstić information content (AvgIpc) is 3.27. The molecule has 172 valence electrons. The first-order valence-corrected chi connectivity index (χ1v) is 13.0. The number of ether oxygens (including phenoxy) is 8. The Morgan fingerprint density at radius 1 is 0.600 bits per heavy atom. The van der Waals surface area contributed by atoms with Crippen LogP contribution in [-0.4, -0.2) is 92.7 Å². The van der Waals surface area contributed by atoms with E-state index in [1.165, 1.54) is 0 Å². The van der Waals surface area contributed by atoms with E-state index in [1.807, 2.05) is 41.5 Å². The number of aliphatic hydroxyl groups is 1. The van der Waals surface area contributed by atoms with Gasteiger partial charge in [-0.2, -0.15) is 0 Å². The van der Waals surface area contributed by atoms with E-state index in [4.69, 9.17) is 37.9 Å². The van der Waals surface area contributed by atoms with E-state index in [9.17, 15) is 5.11 Å². The molecule has 30 heavy (non-hydrogen) atoms. The van der Waals surface area contributed by atoms with E-state index in [0.717, 1.165) is 10.6 Å². The molecule has 0 amide bonds. The van der Waals surface area contributed by atoms with Crippen molar-refractivity contribution in [2.75, 3.05) is 0 Å². The van der Waals surface area contributed by atoms with E-state index in [0.29, 0.717) is 0 Å². The van der Waals surface area contributed by atoms with Crippen LogP contribution in [0.1, 0.15) is 41.5 Å². The number of rotatable bonds is 4. The molecule has 5 heterocycles. The van der Waals surface area contributed by atoms with Crippen molar-refractivity contribution in [2.24, 2.45) is 0 Å². The molecular formula is C20H32O9Se. The van der Waals surface area contributed by atoms with Crippen molar-refractivity contribution in [3.05, 3.63) is 0 Å². The van der Waals surface area contributed by atoms with Gasteiger partial charge < -0.3 is 0 Å². The van der Waals surface area contributed by atoms with Gasteiger partial charge in [-0.15, -0.1) is 0 Å². The average molecular weight is 495 g/mol. The summed E-state index contributed by atoms with van der Waals surface area (Å²) in [6.07, 6.45) is -3.35. The van der Waals surface area contributed by atoms with Crippen molar-refractivity contribution >= 4 is 15.0 Å². The minimum absolute atomic E-state index is 0.146. The van der Waals surface area contributed by atoms with Crippen LogP contribution in [0.3, 0.4) is 0 Å². The second-order valence-corrected chi connectivity index (χ2v) is 12.1. The van der Waals surface area contributed by atoms with Crippen LogP contribution < -0.4 is 0 Å². The van der Waals surface area contributed by atoms with Crippen molar-refractivity contribution in [2.45, 2.75) is 125 Å². The van der Waals surface area contributed by atoms with Crippen molar-refractivity contribution in [1.29, 1.82) is 0 Å². The van der Waals surface area contributed by atoms with Gasteiger partial charge in [0.05, 0.1) is 0 Å². The molecule has 9 atom stereocenters. The van der Waals surface area contributed by atoms with Gasteiger partial charge in [0, 0.05) is 0 Å². The molecule has 10 heteroatoms. The molecule has 5 rings (SSSR count). The molecule has 0 spiro atoms. The molecule has 5 aliphatic heterocycles. The SMILES string of the molecule is CC1(C)O[C@H]2[C@@H](O1)[C@@H](C[Se]C[C@H]1O[C@@H]3OC(C)(C)O[C@@H]3[C@H]1O)O[C@@H]1OC(C)(C)O[C@@H]12. The summed E-state index contributed by atoms with van der Waals surface area (Å²) in [5.41, 5.74) is 0. The summed E-state index contributed by atoms with van der Waals surface area (Å²) in [5, 5.41) is 12.1. The first-order chi connectivity index (χ1) is 13.9. The molecule has 0 radical (unpaired) electrons. The Kier molecular flexibility index (Phi) is 5.37. The zero-order valence-electron chi connectivity index (χ0n) is 18.2. The monoisotopic (exact) mass is 496 g/mol. The van der Waals surface area contributed by atoms with Crippen molar-refractivity contribution < 1.29 is 43.0 Å². The Bertz CT molecular complexity index is 671. The predicted octanol–water partition coefficient (Wildman–Crippen LogP) is 1.16. The molecule has 0 aliphatic carbocycles. The zero-order valence-corrected chi connectivity index (χ0v) is 19.9. The van der Waals surface area contributed by atoms with Crippen LogP contribution in [0.5, 0.6) is 0 Å². The Morgan fingerprint density at radius 3 is 1.73 bits per heavy atom. The Balaban J connectivity index is 1.19. The van der Waals surface area contributed by atoms with Gasteiger partial charge in [-0.05, 0) is 0 Å². The fourth-order valence-electron chi connectivity index (χ4n) is 4.82. The Labute approximate surface area is 183 Å². The molecule has 0 saturated carbocycles. The van der Waals surface area contributed by atoms with Gasteiger partial charge in [-0.3, -0.25) is 0 Å². The van der Waals surface area contributed by atoms with Crippen LogP contribution in [-0.2, 0) is 37.9 Å². The summed E-state index contributed by atoms with van der Waals surface area (Å²) >= 11 is 0.146. The molecular weight excluding hydrogens is 463 g/mol. The third kappa shape index (κ3) is 3.99. The maximum atomic E-state index is 10.6. The predicted molar refractivity (Wildman–Crippen MR) is 103 cm³/mol. The van der Waals surface area contributed by atoms with Gasteiger partial charge in [0.2, 0.25) is 0 Å². The molecule has 5 fully saturated rings. The molecule has 0 unspecified atom stereocenters. The van der Waals surface area contributed by atoms with E-state index in [2.05, 4.69) is 0 Å². The van der Waals surface area contributed by atoms with Gasteiger partial charge in [0.1, 0.15) is 0 Å². The minimum atomic E-state index is -0.725. The number of aliphatic hydroxyl groups excluding tert-OH is 1. The molecule has 0 aromatic carbocycles.